The van der Waals surface area contributed by atoms with Gasteiger partial charge in [0.15, 0.2) is 0 Å². The normalized spacial score (nSPS) is 12.8. The summed E-state index contributed by atoms with van der Waals surface area (Å²) >= 11 is 0. The maximum Gasteiger partial charge on any atom is 0.321 e. The number of benzene rings is 2. The second-order valence-electron chi connectivity index (χ2n) is 5.10. The van der Waals surface area contributed by atoms with Gasteiger partial charge in [-0.05, 0) is 22.8 Å². The molecule has 0 fully saturated rings. The maximum absolute atomic E-state index is 11.2. The molecule has 0 aliphatic carbocycles. The molecular weight excluding hydrogens is 238 g/mol. The average Bonchev–Trinajstić information content (AvgIpc) is 2.37. The van der Waals surface area contributed by atoms with Gasteiger partial charge in [-0.2, -0.15) is 0 Å². The number of fused-ring (bicyclic) bond motifs is 1. The Bertz CT molecular complexity index is 578. The van der Waals surface area contributed by atoms with E-state index in [4.69, 9.17) is 0 Å². The molecule has 0 heterocycles. The van der Waals surface area contributed by atoms with Crippen LogP contribution in [-0.2, 0) is 11.2 Å². The highest BCUT2D eigenvalue weighted by Crippen LogP contribution is 2.16. The fourth-order valence-electron chi connectivity index (χ4n) is 2.22. The summed E-state index contributed by atoms with van der Waals surface area (Å²) in [6, 6.07) is 13.8. The topological polar surface area (TPSA) is 49.3 Å². The minimum Gasteiger partial charge on any atom is -0.480 e. The monoisotopic (exact) mass is 257 g/mol. The molecule has 2 aromatic rings. The Hall–Kier alpha value is -1.87. The van der Waals surface area contributed by atoms with E-state index in [1.807, 2.05) is 44.2 Å². The maximum atomic E-state index is 11.2. The van der Waals surface area contributed by atoms with Crippen molar-refractivity contribution < 1.29 is 9.90 Å². The number of rotatable bonds is 5. The zero-order chi connectivity index (χ0) is 13.8. The summed E-state index contributed by atoms with van der Waals surface area (Å²) in [5.74, 6) is -0.804. The van der Waals surface area contributed by atoms with Gasteiger partial charge in [0.2, 0.25) is 0 Å². The quantitative estimate of drug-likeness (QED) is 0.866. The van der Waals surface area contributed by atoms with Crippen LogP contribution in [0.4, 0.5) is 0 Å². The van der Waals surface area contributed by atoms with E-state index in [0.717, 1.165) is 10.9 Å². The third-order valence-corrected chi connectivity index (χ3v) is 3.09. The lowest BCUT2D eigenvalue weighted by molar-refractivity contribution is -0.139. The Balaban J connectivity index is 2.21. The van der Waals surface area contributed by atoms with Crippen LogP contribution in [0.25, 0.3) is 10.8 Å². The summed E-state index contributed by atoms with van der Waals surface area (Å²) in [5.41, 5.74) is 1.04. The smallest absolute Gasteiger partial charge is 0.321 e. The molecule has 0 aliphatic rings. The highest BCUT2D eigenvalue weighted by Gasteiger charge is 2.18. The van der Waals surface area contributed by atoms with Crippen molar-refractivity contribution in [1.29, 1.82) is 0 Å². The lowest BCUT2D eigenvalue weighted by Crippen LogP contribution is -2.42. The summed E-state index contributed by atoms with van der Waals surface area (Å²) in [6.07, 6.45) is 0.498. The van der Waals surface area contributed by atoms with Gasteiger partial charge in [0.05, 0.1) is 0 Å². The van der Waals surface area contributed by atoms with Crippen LogP contribution in [0.15, 0.2) is 42.5 Å². The van der Waals surface area contributed by atoms with E-state index >= 15 is 0 Å². The largest absolute Gasteiger partial charge is 0.480 e. The number of hydrogen-bond donors (Lipinski definition) is 2. The van der Waals surface area contributed by atoms with Crippen LogP contribution < -0.4 is 5.32 Å². The van der Waals surface area contributed by atoms with E-state index in [1.54, 1.807) is 0 Å². The third kappa shape index (κ3) is 3.55. The molecule has 2 aromatic carbocycles. The molecule has 1 atom stereocenters. The molecule has 0 aromatic heterocycles. The zero-order valence-corrected chi connectivity index (χ0v) is 11.3. The second-order valence-corrected chi connectivity index (χ2v) is 5.10. The lowest BCUT2D eigenvalue weighted by atomic mass is 10.0. The first-order chi connectivity index (χ1) is 9.06. The summed E-state index contributed by atoms with van der Waals surface area (Å²) in [7, 11) is 0. The average molecular weight is 257 g/mol. The minimum atomic E-state index is -0.804. The molecule has 0 radical (unpaired) electrons. The van der Waals surface area contributed by atoms with Gasteiger partial charge in [-0.25, -0.2) is 0 Å². The van der Waals surface area contributed by atoms with E-state index in [0.29, 0.717) is 6.42 Å². The van der Waals surface area contributed by atoms with E-state index in [-0.39, 0.29) is 6.04 Å². The Morgan fingerprint density at radius 3 is 2.47 bits per heavy atom. The van der Waals surface area contributed by atoms with Crippen molar-refractivity contribution >= 4 is 16.7 Å². The second kappa shape index (κ2) is 5.85. The summed E-state index contributed by atoms with van der Waals surface area (Å²) < 4.78 is 0. The molecule has 2 rings (SSSR count). The van der Waals surface area contributed by atoms with Crippen LogP contribution in [0.1, 0.15) is 19.4 Å². The first kappa shape index (κ1) is 13.6. The van der Waals surface area contributed by atoms with Crippen molar-refractivity contribution in [2.75, 3.05) is 0 Å². The molecule has 1 unspecified atom stereocenters. The standard InChI is InChI=1S/C16H19NO2/c1-11(2)17-15(16(18)19)10-12-7-8-13-5-3-4-6-14(13)9-12/h3-9,11,15,17H,10H2,1-2H3,(H,18,19). The molecule has 0 bridgehead atoms. The van der Waals surface area contributed by atoms with E-state index in [9.17, 15) is 9.90 Å². The lowest BCUT2D eigenvalue weighted by Gasteiger charge is -2.17. The fraction of sp³-hybridized carbons (Fsp3) is 0.312. The van der Waals surface area contributed by atoms with Crippen molar-refractivity contribution in [1.82, 2.24) is 5.32 Å². The first-order valence-corrected chi connectivity index (χ1v) is 6.53. The highest BCUT2D eigenvalue weighted by molar-refractivity contribution is 5.83. The molecule has 0 spiro atoms. The number of hydrogen-bond acceptors (Lipinski definition) is 2. The summed E-state index contributed by atoms with van der Waals surface area (Å²) in [5, 5.41) is 14.6. The van der Waals surface area contributed by atoms with Crippen LogP contribution in [0, 0.1) is 0 Å². The molecule has 100 valence electrons. The SMILES string of the molecule is CC(C)NC(Cc1ccc2ccccc2c1)C(=O)O. The van der Waals surface area contributed by atoms with Crippen LogP contribution >= 0.6 is 0 Å². The molecule has 19 heavy (non-hydrogen) atoms. The van der Waals surface area contributed by atoms with Crippen molar-refractivity contribution in [3.8, 4) is 0 Å². The molecule has 0 aliphatic heterocycles. The van der Waals surface area contributed by atoms with Crippen molar-refractivity contribution in [3.05, 3.63) is 48.0 Å². The summed E-state index contributed by atoms with van der Waals surface area (Å²) in [6.45, 7) is 3.91. The van der Waals surface area contributed by atoms with E-state index in [2.05, 4.69) is 17.4 Å². The van der Waals surface area contributed by atoms with Crippen LogP contribution in [0.3, 0.4) is 0 Å². The van der Waals surface area contributed by atoms with Crippen LogP contribution in [0.5, 0.6) is 0 Å². The molecule has 3 nitrogen and oxygen atoms in total. The van der Waals surface area contributed by atoms with Gasteiger partial charge in [0.1, 0.15) is 6.04 Å². The van der Waals surface area contributed by atoms with Gasteiger partial charge in [-0.3, -0.25) is 4.79 Å². The van der Waals surface area contributed by atoms with Gasteiger partial charge in [0, 0.05) is 6.04 Å². The zero-order valence-electron chi connectivity index (χ0n) is 11.3. The molecular formula is C16H19NO2. The van der Waals surface area contributed by atoms with Crippen LogP contribution in [0.2, 0.25) is 0 Å². The molecule has 0 saturated carbocycles. The van der Waals surface area contributed by atoms with Crippen LogP contribution in [-0.4, -0.2) is 23.2 Å². The number of carbonyl (C=O) groups is 1. The Morgan fingerprint density at radius 2 is 1.84 bits per heavy atom. The van der Waals surface area contributed by atoms with Crippen molar-refractivity contribution in [3.63, 3.8) is 0 Å². The van der Waals surface area contributed by atoms with Gasteiger partial charge in [-0.1, -0.05) is 56.3 Å². The van der Waals surface area contributed by atoms with Gasteiger partial charge >= 0.3 is 5.97 Å². The van der Waals surface area contributed by atoms with Gasteiger partial charge < -0.3 is 10.4 Å². The molecule has 2 N–H and O–H groups in total. The van der Waals surface area contributed by atoms with Crippen molar-refractivity contribution in [2.24, 2.45) is 0 Å². The number of carboxylic acids is 1. The predicted molar refractivity (Wildman–Crippen MR) is 77.3 cm³/mol. The Morgan fingerprint density at radius 1 is 1.16 bits per heavy atom. The minimum absolute atomic E-state index is 0.154. The molecule has 0 amide bonds. The first-order valence-electron chi connectivity index (χ1n) is 6.53. The molecule has 0 saturated heterocycles. The van der Waals surface area contributed by atoms with E-state index < -0.39 is 12.0 Å². The Kier molecular flexibility index (Phi) is 4.17. The number of carboxylic acid groups (broad SMARTS) is 1. The number of aliphatic carboxylic acids is 1. The van der Waals surface area contributed by atoms with Gasteiger partial charge in [-0.15, -0.1) is 0 Å². The predicted octanol–water partition coefficient (Wildman–Crippen LogP) is 2.83. The Labute approximate surface area is 113 Å². The number of nitrogens with one attached hydrogen (secondary N) is 1. The highest BCUT2D eigenvalue weighted by atomic mass is 16.4. The molecule has 3 heteroatoms. The fourth-order valence-corrected chi connectivity index (χ4v) is 2.22. The summed E-state index contributed by atoms with van der Waals surface area (Å²) in [4.78, 5) is 11.2. The van der Waals surface area contributed by atoms with E-state index in [1.165, 1.54) is 5.39 Å². The third-order valence-electron chi connectivity index (χ3n) is 3.09. The van der Waals surface area contributed by atoms with Gasteiger partial charge in [0.25, 0.3) is 0 Å². The van der Waals surface area contributed by atoms with Crippen molar-refractivity contribution in [2.45, 2.75) is 32.4 Å².